The predicted molar refractivity (Wildman–Crippen MR) is 131 cm³/mol. The largest absolute Gasteiger partial charge is 0.354 e. The first-order valence-corrected chi connectivity index (χ1v) is 11.6. The smallest absolute Gasteiger partial charge is 0.322 e. The van der Waals surface area contributed by atoms with E-state index in [4.69, 9.17) is 15.2 Å². The summed E-state index contributed by atoms with van der Waals surface area (Å²) in [7, 11) is 2.13. The van der Waals surface area contributed by atoms with Crippen molar-refractivity contribution >= 4 is 17.5 Å². The highest BCUT2D eigenvalue weighted by Crippen LogP contribution is 2.30. The molecule has 2 aliphatic heterocycles. The number of aromatic nitrogens is 2. The molecular weight excluding hydrogens is 426 g/mol. The summed E-state index contributed by atoms with van der Waals surface area (Å²) in [6.45, 7) is 4.75. The molecule has 3 heterocycles. The number of piperazine rings is 1. The molecule has 34 heavy (non-hydrogen) atoms. The molecule has 1 saturated heterocycles. The van der Waals surface area contributed by atoms with Crippen molar-refractivity contribution < 1.29 is 4.79 Å². The molecule has 2 aliphatic rings. The van der Waals surface area contributed by atoms with E-state index in [2.05, 4.69) is 28.2 Å². The number of carbonyl (C=O) groups excluding carboxylic acids is 1. The van der Waals surface area contributed by atoms with Crippen LogP contribution in [0.5, 0.6) is 0 Å². The minimum atomic E-state index is -0.183. The van der Waals surface area contributed by atoms with Crippen molar-refractivity contribution in [2.75, 3.05) is 50.0 Å². The fourth-order valence-corrected chi connectivity index (χ4v) is 4.44. The Morgan fingerprint density at radius 2 is 1.79 bits per heavy atom. The number of nitriles is 1. The second kappa shape index (κ2) is 9.49. The topological polar surface area (TPSA) is 88.4 Å². The second-order valence-electron chi connectivity index (χ2n) is 8.75. The number of benzene rings is 2. The van der Waals surface area contributed by atoms with Crippen LogP contribution in [0.25, 0.3) is 11.4 Å². The average Bonchev–Trinajstić information content (AvgIpc) is 2.89. The van der Waals surface area contributed by atoms with Crippen LogP contribution in [-0.4, -0.2) is 65.6 Å². The standard InChI is InChI=1S/C26H27N7O/c1-31-12-14-32(15-13-31)25-22-18-33(26(34)28-21-9-5-6-19(16-21)17-27)11-10-23(22)29-24(30-25)20-7-3-2-4-8-20/h2-9,16H,10-15,18H2,1H3,(H,28,34). The number of carbonyl (C=O) groups is 1. The molecule has 172 valence electrons. The van der Waals surface area contributed by atoms with Gasteiger partial charge >= 0.3 is 6.03 Å². The third-order valence-corrected chi connectivity index (χ3v) is 6.40. The molecule has 5 rings (SSSR count). The molecule has 8 heteroatoms. The van der Waals surface area contributed by atoms with Crippen molar-refractivity contribution in [2.45, 2.75) is 13.0 Å². The first-order valence-electron chi connectivity index (χ1n) is 11.6. The molecule has 0 saturated carbocycles. The maximum absolute atomic E-state index is 13.1. The number of nitrogens with zero attached hydrogens (tertiary/aromatic N) is 6. The average molecular weight is 454 g/mol. The lowest BCUT2D eigenvalue weighted by Gasteiger charge is -2.37. The van der Waals surface area contributed by atoms with Crippen molar-refractivity contribution in [1.82, 2.24) is 19.8 Å². The van der Waals surface area contributed by atoms with Crippen molar-refractivity contribution in [3.05, 3.63) is 71.4 Å². The highest BCUT2D eigenvalue weighted by atomic mass is 16.2. The summed E-state index contributed by atoms with van der Waals surface area (Å²) in [6.07, 6.45) is 0.671. The first kappa shape index (κ1) is 21.9. The van der Waals surface area contributed by atoms with E-state index in [9.17, 15) is 4.79 Å². The zero-order valence-electron chi connectivity index (χ0n) is 19.2. The zero-order valence-corrected chi connectivity index (χ0v) is 19.2. The summed E-state index contributed by atoms with van der Waals surface area (Å²) < 4.78 is 0. The number of fused-ring (bicyclic) bond motifs is 1. The number of amides is 2. The van der Waals surface area contributed by atoms with Gasteiger partial charge in [-0.2, -0.15) is 5.26 Å². The Morgan fingerprint density at radius 1 is 1.00 bits per heavy atom. The summed E-state index contributed by atoms with van der Waals surface area (Å²) >= 11 is 0. The van der Waals surface area contributed by atoms with Gasteiger partial charge in [0.1, 0.15) is 5.82 Å². The third-order valence-electron chi connectivity index (χ3n) is 6.40. The van der Waals surface area contributed by atoms with E-state index in [1.165, 1.54) is 0 Å². The van der Waals surface area contributed by atoms with Gasteiger partial charge in [0.15, 0.2) is 5.82 Å². The fourth-order valence-electron chi connectivity index (χ4n) is 4.44. The Bertz CT molecular complexity index is 1230. The van der Waals surface area contributed by atoms with Crippen LogP contribution in [0.4, 0.5) is 16.3 Å². The molecular formula is C26H27N7O. The summed E-state index contributed by atoms with van der Waals surface area (Å²) in [6, 6.07) is 19.0. The normalized spacial score (nSPS) is 16.0. The van der Waals surface area contributed by atoms with E-state index in [0.717, 1.165) is 54.6 Å². The number of likely N-dealkylation sites (N-methyl/N-ethyl adjacent to an activating group) is 1. The number of anilines is 2. The molecule has 0 radical (unpaired) electrons. The Balaban J connectivity index is 1.44. The van der Waals surface area contributed by atoms with Gasteiger partial charge in [0.2, 0.25) is 0 Å². The Kier molecular flexibility index (Phi) is 6.11. The number of rotatable bonds is 3. The van der Waals surface area contributed by atoms with Crippen LogP contribution in [0.1, 0.15) is 16.8 Å². The number of nitrogens with one attached hydrogen (secondary N) is 1. The summed E-state index contributed by atoms with van der Waals surface area (Å²) in [5, 5.41) is 12.1. The van der Waals surface area contributed by atoms with Gasteiger partial charge in [-0.3, -0.25) is 0 Å². The lowest BCUT2D eigenvalue weighted by Crippen LogP contribution is -2.46. The molecule has 0 bridgehead atoms. The lowest BCUT2D eigenvalue weighted by atomic mass is 10.0. The van der Waals surface area contributed by atoms with E-state index in [1.54, 1.807) is 29.2 Å². The van der Waals surface area contributed by atoms with Crippen molar-refractivity contribution in [3.63, 3.8) is 0 Å². The first-order chi connectivity index (χ1) is 16.6. The van der Waals surface area contributed by atoms with Crippen LogP contribution in [0.15, 0.2) is 54.6 Å². The molecule has 2 amide bonds. The number of urea groups is 1. The van der Waals surface area contributed by atoms with Gasteiger partial charge in [0.05, 0.1) is 23.9 Å². The molecule has 0 spiro atoms. The molecule has 1 N–H and O–H groups in total. The Hall–Kier alpha value is -3.96. The van der Waals surface area contributed by atoms with Crippen LogP contribution in [0.2, 0.25) is 0 Å². The SMILES string of the molecule is CN1CCN(c2nc(-c3ccccc3)nc3c2CN(C(=O)Nc2cccc(C#N)c2)CC3)CC1. The van der Waals surface area contributed by atoms with Gasteiger partial charge in [0, 0.05) is 56.0 Å². The van der Waals surface area contributed by atoms with E-state index in [-0.39, 0.29) is 6.03 Å². The van der Waals surface area contributed by atoms with Crippen LogP contribution in [0, 0.1) is 11.3 Å². The van der Waals surface area contributed by atoms with Gasteiger partial charge in [-0.1, -0.05) is 36.4 Å². The quantitative estimate of drug-likeness (QED) is 0.654. The van der Waals surface area contributed by atoms with Crippen LogP contribution in [-0.2, 0) is 13.0 Å². The summed E-state index contributed by atoms with van der Waals surface area (Å²) in [4.78, 5) is 29.4. The maximum Gasteiger partial charge on any atom is 0.322 e. The lowest BCUT2D eigenvalue weighted by molar-refractivity contribution is 0.206. The van der Waals surface area contributed by atoms with E-state index in [1.807, 2.05) is 30.3 Å². The number of hydrogen-bond donors (Lipinski definition) is 1. The predicted octanol–water partition coefficient (Wildman–Crippen LogP) is 3.36. The molecule has 8 nitrogen and oxygen atoms in total. The zero-order chi connectivity index (χ0) is 23.5. The highest BCUT2D eigenvalue weighted by Gasteiger charge is 2.29. The monoisotopic (exact) mass is 453 g/mol. The van der Waals surface area contributed by atoms with E-state index in [0.29, 0.717) is 30.8 Å². The summed E-state index contributed by atoms with van der Waals surface area (Å²) in [5.74, 6) is 1.67. The molecule has 0 unspecified atom stereocenters. The van der Waals surface area contributed by atoms with Crippen LogP contribution in [0.3, 0.4) is 0 Å². The third kappa shape index (κ3) is 4.56. The molecule has 1 aromatic heterocycles. The molecule has 0 aliphatic carbocycles. The van der Waals surface area contributed by atoms with Gasteiger partial charge in [-0.25, -0.2) is 14.8 Å². The van der Waals surface area contributed by atoms with Crippen LogP contribution >= 0.6 is 0 Å². The van der Waals surface area contributed by atoms with Gasteiger partial charge < -0.3 is 20.0 Å². The minimum absolute atomic E-state index is 0.183. The Labute approximate surface area is 199 Å². The van der Waals surface area contributed by atoms with E-state index < -0.39 is 0 Å². The highest BCUT2D eigenvalue weighted by molar-refractivity contribution is 5.89. The fraction of sp³-hybridized carbons (Fsp3) is 0.308. The van der Waals surface area contributed by atoms with Crippen molar-refractivity contribution in [1.29, 1.82) is 5.26 Å². The second-order valence-corrected chi connectivity index (χ2v) is 8.75. The van der Waals surface area contributed by atoms with Gasteiger partial charge in [-0.15, -0.1) is 0 Å². The van der Waals surface area contributed by atoms with Crippen LogP contribution < -0.4 is 10.2 Å². The van der Waals surface area contributed by atoms with Crippen molar-refractivity contribution in [3.8, 4) is 17.5 Å². The summed E-state index contributed by atoms with van der Waals surface area (Å²) in [5.41, 5.74) is 4.17. The Morgan fingerprint density at radius 3 is 2.56 bits per heavy atom. The van der Waals surface area contributed by atoms with Crippen molar-refractivity contribution in [2.24, 2.45) is 0 Å². The van der Waals surface area contributed by atoms with Gasteiger partial charge in [0.25, 0.3) is 0 Å². The molecule has 1 fully saturated rings. The number of hydrogen-bond acceptors (Lipinski definition) is 6. The molecule has 3 aromatic rings. The minimum Gasteiger partial charge on any atom is -0.354 e. The van der Waals surface area contributed by atoms with E-state index >= 15 is 0 Å². The molecule has 0 atom stereocenters. The maximum atomic E-state index is 13.1. The van der Waals surface area contributed by atoms with Gasteiger partial charge in [-0.05, 0) is 25.2 Å². The molecule has 2 aromatic carbocycles.